The van der Waals surface area contributed by atoms with Gasteiger partial charge in [-0.3, -0.25) is 0 Å². The molecule has 0 saturated heterocycles. The van der Waals surface area contributed by atoms with Crippen molar-refractivity contribution in [3.8, 4) is 0 Å². The monoisotopic (exact) mass is 213 g/mol. The van der Waals surface area contributed by atoms with Crippen LogP contribution >= 0.6 is 11.3 Å². The summed E-state index contributed by atoms with van der Waals surface area (Å²) in [5, 5.41) is 5.50. The molecule has 80 valence electrons. The first-order chi connectivity index (χ1) is 6.83. The van der Waals surface area contributed by atoms with E-state index in [1.54, 1.807) is 11.3 Å². The van der Waals surface area contributed by atoms with E-state index in [0.717, 1.165) is 32.5 Å². The van der Waals surface area contributed by atoms with Gasteiger partial charge in [0.2, 0.25) is 0 Å². The molecule has 0 saturated carbocycles. The zero-order valence-corrected chi connectivity index (χ0v) is 9.52. The van der Waals surface area contributed by atoms with Crippen LogP contribution in [-0.4, -0.2) is 24.6 Å². The van der Waals surface area contributed by atoms with Crippen LogP contribution in [0.15, 0.2) is 10.9 Å². The molecule has 1 heterocycles. The molecule has 1 rings (SSSR count). The Morgan fingerprint density at radius 3 is 3.07 bits per heavy atom. The minimum absolute atomic E-state index is 0.627. The average molecular weight is 213 g/mol. The molecule has 1 aromatic rings. The van der Waals surface area contributed by atoms with Gasteiger partial charge >= 0.3 is 0 Å². The largest absolute Gasteiger partial charge is 0.330 e. The molecule has 0 amide bonds. The van der Waals surface area contributed by atoms with Gasteiger partial charge in [-0.15, -0.1) is 11.3 Å². The third-order valence-electron chi connectivity index (χ3n) is 2.26. The fourth-order valence-corrected chi connectivity index (χ4v) is 1.76. The van der Waals surface area contributed by atoms with Crippen molar-refractivity contribution in [3.63, 3.8) is 0 Å². The Kier molecular flexibility index (Phi) is 5.75. The van der Waals surface area contributed by atoms with Crippen LogP contribution in [0.4, 0.5) is 0 Å². The van der Waals surface area contributed by atoms with E-state index in [1.807, 2.05) is 5.51 Å². The second-order valence-electron chi connectivity index (χ2n) is 3.61. The zero-order chi connectivity index (χ0) is 10.2. The second kappa shape index (κ2) is 6.92. The maximum Gasteiger partial charge on any atom is 0.0794 e. The highest BCUT2D eigenvalue weighted by Gasteiger charge is 1.98. The maximum atomic E-state index is 5.53. The molecular weight excluding hydrogens is 194 g/mol. The topological polar surface area (TPSA) is 50.9 Å². The Morgan fingerprint density at radius 2 is 2.43 bits per heavy atom. The molecule has 0 fully saturated rings. The molecular formula is C10H19N3S. The van der Waals surface area contributed by atoms with Crippen molar-refractivity contribution in [1.82, 2.24) is 10.3 Å². The number of hydrogen-bond donors (Lipinski definition) is 2. The van der Waals surface area contributed by atoms with Crippen molar-refractivity contribution < 1.29 is 0 Å². The lowest BCUT2D eigenvalue weighted by Gasteiger charge is -2.08. The molecule has 3 nitrogen and oxygen atoms in total. The van der Waals surface area contributed by atoms with E-state index in [9.17, 15) is 0 Å². The smallest absolute Gasteiger partial charge is 0.0794 e. The van der Waals surface area contributed by atoms with E-state index in [0.29, 0.717) is 5.92 Å². The summed E-state index contributed by atoms with van der Waals surface area (Å²) in [6, 6.07) is 0. The quantitative estimate of drug-likeness (QED) is 0.670. The Balaban J connectivity index is 1.95. The van der Waals surface area contributed by atoms with E-state index < -0.39 is 0 Å². The van der Waals surface area contributed by atoms with Crippen LogP contribution < -0.4 is 11.1 Å². The molecule has 3 N–H and O–H groups in total. The van der Waals surface area contributed by atoms with Crippen LogP contribution in [0, 0.1) is 5.92 Å². The van der Waals surface area contributed by atoms with Crippen molar-refractivity contribution in [2.75, 3.05) is 19.6 Å². The van der Waals surface area contributed by atoms with E-state index in [1.165, 1.54) is 5.69 Å². The molecule has 0 aliphatic heterocycles. The second-order valence-corrected chi connectivity index (χ2v) is 4.33. The molecule has 0 aliphatic carbocycles. The first-order valence-corrected chi connectivity index (χ1v) is 6.05. The van der Waals surface area contributed by atoms with E-state index in [-0.39, 0.29) is 0 Å². The zero-order valence-electron chi connectivity index (χ0n) is 8.70. The third-order valence-corrected chi connectivity index (χ3v) is 2.89. The van der Waals surface area contributed by atoms with Crippen LogP contribution in [0.2, 0.25) is 0 Å². The number of hydrogen-bond acceptors (Lipinski definition) is 4. The van der Waals surface area contributed by atoms with E-state index in [4.69, 9.17) is 5.73 Å². The predicted molar refractivity (Wildman–Crippen MR) is 61.5 cm³/mol. The number of nitrogens with zero attached hydrogens (tertiary/aromatic N) is 1. The average Bonchev–Trinajstić information content (AvgIpc) is 2.69. The fraction of sp³-hybridized carbons (Fsp3) is 0.700. The van der Waals surface area contributed by atoms with Gasteiger partial charge in [-0.1, -0.05) is 6.92 Å². The van der Waals surface area contributed by atoms with Crippen molar-refractivity contribution in [2.24, 2.45) is 11.7 Å². The van der Waals surface area contributed by atoms with Gasteiger partial charge in [-0.2, -0.15) is 0 Å². The van der Waals surface area contributed by atoms with Gasteiger partial charge in [0.15, 0.2) is 0 Å². The maximum absolute atomic E-state index is 5.53. The SMILES string of the molecule is CC(CN)CCNCCc1cscn1. The summed E-state index contributed by atoms with van der Waals surface area (Å²) in [6.45, 7) is 5.04. The van der Waals surface area contributed by atoms with Gasteiger partial charge in [-0.05, 0) is 25.4 Å². The molecule has 0 spiro atoms. The highest BCUT2D eigenvalue weighted by Crippen LogP contribution is 2.01. The van der Waals surface area contributed by atoms with Crippen LogP contribution in [0.5, 0.6) is 0 Å². The van der Waals surface area contributed by atoms with Gasteiger partial charge in [0.25, 0.3) is 0 Å². The summed E-state index contributed by atoms with van der Waals surface area (Å²) < 4.78 is 0. The summed E-state index contributed by atoms with van der Waals surface area (Å²) in [7, 11) is 0. The van der Waals surface area contributed by atoms with E-state index in [2.05, 4.69) is 22.6 Å². The van der Waals surface area contributed by atoms with Gasteiger partial charge in [0.1, 0.15) is 0 Å². The highest BCUT2D eigenvalue weighted by molar-refractivity contribution is 7.07. The van der Waals surface area contributed by atoms with Crippen molar-refractivity contribution in [3.05, 3.63) is 16.6 Å². The molecule has 0 aliphatic rings. The lowest BCUT2D eigenvalue weighted by Crippen LogP contribution is -2.22. The fourth-order valence-electron chi connectivity index (χ4n) is 1.17. The number of aromatic nitrogens is 1. The van der Waals surface area contributed by atoms with Gasteiger partial charge in [0.05, 0.1) is 11.2 Å². The summed E-state index contributed by atoms with van der Waals surface area (Å²) in [6.07, 6.45) is 2.19. The first kappa shape index (κ1) is 11.6. The lowest BCUT2D eigenvalue weighted by atomic mass is 10.1. The Labute approximate surface area is 89.7 Å². The summed E-state index contributed by atoms with van der Waals surface area (Å²) in [4.78, 5) is 4.22. The molecule has 1 aromatic heterocycles. The summed E-state index contributed by atoms with van der Waals surface area (Å²) in [5.74, 6) is 0.627. The highest BCUT2D eigenvalue weighted by atomic mass is 32.1. The first-order valence-electron chi connectivity index (χ1n) is 5.10. The third kappa shape index (κ3) is 4.69. The molecule has 0 bridgehead atoms. The Hall–Kier alpha value is -0.450. The van der Waals surface area contributed by atoms with E-state index >= 15 is 0 Å². The number of rotatable bonds is 7. The van der Waals surface area contributed by atoms with Gasteiger partial charge in [0, 0.05) is 18.3 Å². The molecule has 14 heavy (non-hydrogen) atoms. The number of nitrogens with one attached hydrogen (secondary N) is 1. The minimum Gasteiger partial charge on any atom is -0.330 e. The van der Waals surface area contributed by atoms with Crippen LogP contribution in [0.1, 0.15) is 19.0 Å². The number of nitrogens with two attached hydrogens (primary N) is 1. The van der Waals surface area contributed by atoms with Crippen molar-refractivity contribution in [1.29, 1.82) is 0 Å². The number of thiazole rings is 1. The van der Waals surface area contributed by atoms with Crippen molar-refractivity contribution >= 4 is 11.3 Å². The van der Waals surface area contributed by atoms with Gasteiger partial charge in [-0.25, -0.2) is 4.98 Å². The molecule has 0 aromatic carbocycles. The standard InChI is InChI=1S/C10H19N3S/c1-9(6-11)2-4-12-5-3-10-7-14-8-13-10/h7-9,12H,2-6,11H2,1H3. The van der Waals surface area contributed by atoms with Crippen LogP contribution in [0.3, 0.4) is 0 Å². The minimum atomic E-state index is 0.627. The molecule has 1 atom stereocenters. The van der Waals surface area contributed by atoms with Crippen molar-refractivity contribution in [2.45, 2.75) is 19.8 Å². The predicted octanol–water partition coefficient (Wildman–Crippen LogP) is 1.26. The summed E-state index contributed by atoms with van der Waals surface area (Å²) >= 11 is 1.66. The Bertz CT molecular complexity index is 223. The Morgan fingerprint density at radius 1 is 1.57 bits per heavy atom. The normalized spacial score (nSPS) is 13.0. The lowest BCUT2D eigenvalue weighted by molar-refractivity contribution is 0.510. The molecule has 1 unspecified atom stereocenters. The summed E-state index contributed by atoms with van der Waals surface area (Å²) in [5.41, 5.74) is 8.60. The van der Waals surface area contributed by atoms with Crippen LogP contribution in [0.25, 0.3) is 0 Å². The molecule has 4 heteroatoms. The molecule has 0 radical (unpaired) electrons. The van der Waals surface area contributed by atoms with Gasteiger partial charge < -0.3 is 11.1 Å². The van der Waals surface area contributed by atoms with Crippen LogP contribution in [-0.2, 0) is 6.42 Å².